The summed E-state index contributed by atoms with van der Waals surface area (Å²) >= 11 is 0. The van der Waals surface area contributed by atoms with Crippen LogP contribution in [0.3, 0.4) is 0 Å². The summed E-state index contributed by atoms with van der Waals surface area (Å²) in [4.78, 5) is 18.3. The van der Waals surface area contributed by atoms with Gasteiger partial charge >= 0.3 is 0 Å². The minimum Gasteiger partial charge on any atom is -0.356 e. The number of hydrogen-bond donors (Lipinski definition) is 1. The number of para-hydroxylation sites is 1. The molecule has 24 heavy (non-hydrogen) atoms. The van der Waals surface area contributed by atoms with Gasteiger partial charge < -0.3 is 9.88 Å². The molecule has 0 radical (unpaired) electrons. The molecule has 3 heteroatoms. The maximum Gasteiger partial charge on any atom is 0.223 e. The van der Waals surface area contributed by atoms with E-state index in [2.05, 4.69) is 64.5 Å². The third kappa shape index (κ3) is 1.94. The summed E-state index contributed by atoms with van der Waals surface area (Å²) in [6, 6.07) is 19.3. The number of piperidine rings is 1. The number of aromatic amines is 1. The number of carbonyl (C=O) groups is 1. The van der Waals surface area contributed by atoms with Crippen LogP contribution in [0.15, 0.2) is 54.6 Å². The Kier molecular flexibility index (Phi) is 3.02. The number of H-pyrrole nitrogens is 1. The Bertz CT molecular complexity index is 912. The summed E-state index contributed by atoms with van der Waals surface area (Å²) < 4.78 is 0. The van der Waals surface area contributed by atoms with Crippen molar-refractivity contribution in [1.82, 2.24) is 9.88 Å². The van der Waals surface area contributed by atoms with Crippen molar-refractivity contribution in [2.24, 2.45) is 0 Å². The molecule has 1 amide bonds. The van der Waals surface area contributed by atoms with Crippen LogP contribution < -0.4 is 0 Å². The molecule has 1 aromatic heterocycles. The van der Waals surface area contributed by atoms with Crippen LogP contribution in [0.4, 0.5) is 0 Å². The molecule has 5 rings (SSSR count). The van der Waals surface area contributed by atoms with Crippen molar-refractivity contribution in [3.63, 3.8) is 0 Å². The molecular weight excluding hydrogens is 296 g/mol. The van der Waals surface area contributed by atoms with Gasteiger partial charge in [-0.15, -0.1) is 0 Å². The van der Waals surface area contributed by atoms with Crippen molar-refractivity contribution in [3.8, 4) is 0 Å². The number of fused-ring (bicyclic) bond motifs is 5. The summed E-state index contributed by atoms with van der Waals surface area (Å²) in [6.45, 7) is 0.835. The highest BCUT2D eigenvalue weighted by Crippen LogP contribution is 2.47. The molecule has 2 atom stereocenters. The smallest absolute Gasteiger partial charge is 0.223 e. The second-order valence-electron chi connectivity index (χ2n) is 6.90. The average Bonchev–Trinajstić information content (AvgIpc) is 3.02. The zero-order chi connectivity index (χ0) is 16.1. The number of nitrogens with one attached hydrogen (secondary N) is 1. The molecule has 3 heterocycles. The first-order valence-electron chi connectivity index (χ1n) is 8.77. The highest BCUT2D eigenvalue weighted by atomic mass is 16.2. The standard InChI is InChI=1S/C21H20N2O/c24-19-11-10-15(14-6-2-1-3-7-14)21-20-17(12-13-23(19)21)16-8-4-5-9-18(16)22-20/h1-9,15,21-22H,10-13H2. The molecule has 1 saturated heterocycles. The number of amides is 1. The molecule has 0 spiro atoms. The molecule has 0 saturated carbocycles. The number of rotatable bonds is 1. The topological polar surface area (TPSA) is 36.1 Å². The number of benzene rings is 2. The Labute approximate surface area is 141 Å². The Morgan fingerprint density at radius 1 is 0.958 bits per heavy atom. The highest BCUT2D eigenvalue weighted by Gasteiger charge is 2.41. The van der Waals surface area contributed by atoms with E-state index in [1.807, 2.05) is 0 Å². The van der Waals surface area contributed by atoms with E-state index >= 15 is 0 Å². The van der Waals surface area contributed by atoms with Crippen molar-refractivity contribution in [2.75, 3.05) is 6.54 Å². The van der Waals surface area contributed by atoms with Crippen LogP contribution in [0.25, 0.3) is 10.9 Å². The first-order valence-corrected chi connectivity index (χ1v) is 8.77. The minimum absolute atomic E-state index is 0.143. The van der Waals surface area contributed by atoms with Crippen molar-refractivity contribution in [2.45, 2.75) is 31.2 Å². The van der Waals surface area contributed by atoms with Crippen LogP contribution in [-0.2, 0) is 11.2 Å². The quantitative estimate of drug-likeness (QED) is 0.718. The number of carbonyl (C=O) groups excluding carboxylic acids is 1. The summed E-state index contributed by atoms with van der Waals surface area (Å²) in [6.07, 6.45) is 2.54. The van der Waals surface area contributed by atoms with Crippen molar-refractivity contribution in [1.29, 1.82) is 0 Å². The van der Waals surface area contributed by atoms with E-state index < -0.39 is 0 Å². The van der Waals surface area contributed by atoms with Gasteiger partial charge in [0, 0.05) is 35.5 Å². The second kappa shape index (κ2) is 5.23. The molecule has 3 aromatic rings. The van der Waals surface area contributed by atoms with Gasteiger partial charge in [0.15, 0.2) is 0 Å². The summed E-state index contributed by atoms with van der Waals surface area (Å²) in [5.41, 5.74) is 5.19. The number of hydrogen-bond acceptors (Lipinski definition) is 1. The highest BCUT2D eigenvalue weighted by molar-refractivity contribution is 5.86. The molecular formula is C21H20N2O. The second-order valence-corrected chi connectivity index (χ2v) is 6.90. The van der Waals surface area contributed by atoms with Crippen LogP contribution >= 0.6 is 0 Å². The molecule has 2 aromatic carbocycles. The monoisotopic (exact) mass is 316 g/mol. The molecule has 2 unspecified atom stereocenters. The average molecular weight is 316 g/mol. The van der Waals surface area contributed by atoms with E-state index in [9.17, 15) is 4.79 Å². The normalized spacial score (nSPS) is 23.2. The van der Waals surface area contributed by atoms with Crippen molar-refractivity contribution < 1.29 is 4.79 Å². The fourth-order valence-electron chi connectivity index (χ4n) is 4.60. The Hall–Kier alpha value is -2.55. The lowest BCUT2D eigenvalue weighted by Crippen LogP contribution is -2.45. The zero-order valence-electron chi connectivity index (χ0n) is 13.5. The van der Waals surface area contributed by atoms with E-state index in [0.717, 1.165) is 19.4 Å². The summed E-state index contributed by atoms with van der Waals surface area (Å²) in [5, 5.41) is 1.32. The van der Waals surface area contributed by atoms with Gasteiger partial charge in [0.2, 0.25) is 5.91 Å². The maximum atomic E-state index is 12.5. The van der Waals surface area contributed by atoms with Gasteiger partial charge in [0.05, 0.1) is 6.04 Å². The molecule has 120 valence electrons. The molecule has 1 fully saturated rings. The first-order chi connectivity index (χ1) is 11.8. The lowest BCUT2D eigenvalue weighted by atomic mass is 9.78. The van der Waals surface area contributed by atoms with Gasteiger partial charge in [-0.1, -0.05) is 48.5 Å². The van der Waals surface area contributed by atoms with E-state index in [1.165, 1.54) is 27.7 Å². The van der Waals surface area contributed by atoms with Crippen LogP contribution in [0.5, 0.6) is 0 Å². The lowest BCUT2D eigenvalue weighted by molar-refractivity contribution is -0.138. The number of nitrogens with zero attached hydrogens (tertiary/aromatic N) is 1. The fraction of sp³-hybridized carbons (Fsp3) is 0.286. The van der Waals surface area contributed by atoms with Crippen molar-refractivity contribution >= 4 is 16.8 Å². The van der Waals surface area contributed by atoms with E-state index in [4.69, 9.17) is 0 Å². The van der Waals surface area contributed by atoms with E-state index in [1.54, 1.807) is 0 Å². The molecule has 0 aliphatic carbocycles. The Morgan fingerprint density at radius 2 is 1.75 bits per heavy atom. The molecule has 3 nitrogen and oxygen atoms in total. The molecule has 1 N–H and O–H groups in total. The molecule has 2 aliphatic rings. The maximum absolute atomic E-state index is 12.5. The van der Waals surface area contributed by atoms with Gasteiger partial charge in [-0.3, -0.25) is 4.79 Å². The third-order valence-corrected chi connectivity index (χ3v) is 5.68. The zero-order valence-corrected chi connectivity index (χ0v) is 13.5. The predicted octanol–water partition coefficient (Wildman–Crippen LogP) is 4.17. The fourth-order valence-corrected chi connectivity index (χ4v) is 4.60. The minimum atomic E-state index is 0.143. The van der Waals surface area contributed by atoms with Gasteiger partial charge in [-0.05, 0) is 30.0 Å². The predicted molar refractivity (Wildman–Crippen MR) is 94.9 cm³/mol. The van der Waals surface area contributed by atoms with E-state index in [-0.39, 0.29) is 6.04 Å². The molecule has 2 aliphatic heterocycles. The third-order valence-electron chi connectivity index (χ3n) is 5.68. The SMILES string of the molecule is O=C1CCC(c2ccccc2)C2c3[nH]c4ccccc4c3CCN12. The van der Waals surface area contributed by atoms with Gasteiger partial charge in [-0.2, -0.15) is 0 Å². The van der Waals surface area contributed by atoms with Gasteiger partial charge in [0.25, 0.3) is 0 Å². The molecule has 0 bridgehead atoms. The largest absolute Gasteiger partial charge is 0.356 e. The number of aromatic nitrogens is 1. The van der Waals surface area contributed by atoms with Gasteiger partial charge in [0.1, 0.15) is 0 Å². The first kappa shape index (κ1) is 13.8. The summed E-state index contributed by atoms with van der Waals surface area (Å²) in [5.74, 6) is 0.674. The van der Waals surface area contributed by atoms with Crippen molar-refractivity contribution in [3.05, 3.63) is 71.4 Å². The van der Waals surface area contributed by atoms with E-state index in [0.29, 0.717) is 18.2 Å². The van der Waals surface area contributed by atoms with Gasteiger partial charge in [-0.25, -0.2) is 0 Å². The van der Waals surface area contributed by atoms with Crippen LogP contribution in [0, 0.1) is 0 Å². The van der Waals surface area contributed by atoms with Crippen LogP contribution in [-0.4, -0.2) is 22.3 Å². The lowest BCUT2D eigenvalue weighted by Gasteiger charge is -2.44. The van der Waals surface area contributed by atoms with Crippen LogP contribution in [0.2, 0.25) is 0 Å². The Balaban J connectivity index is 1.69. The summed E-state index contributed by atoms with van der Waals surface area (Å²) in [7, 11) is 0. The Morgan fingerprint density at radius 3 is 2.62 bits per heavy atom. The van der Waals surface area contributed by atoms with Crippen LogP contribution in [0.1, 0.15) is 41.6 Å².